The van der Waals surface area contributed by atoms with Gasteiger partial charge in [0.1, 0.15) is 0 Å². The molecule has 0 spiro atoms. The van der Waals surface area contributed by atoms with E-state index in [2.05, 4.69) is 17.1 Å². The highest BCUT2D eigenvalue weighted by Crippen LogP contribution is 2.34. The maximum atomic E-state index is 12.0. The Labute approximate surface area is 129 Å². The fourth-order valence-corrected chi connectivity index (χ4v) is 3.76. The van der Waals surface area contributed by atoms with Crippen molar-refractivity contribution in [1.82, 2.24) is 10.2 Å². The van der Waals surface area contributed by atoms with Gasteiger partial charge in [-0.25, -0.2) is 0 Å². The number of piperidine rings is 1. The second kappa shape index (κ2) is 7.59. The number of hydrogen-bond acceptors (Lipinski definition) is 3. The number of likely N-dealkylation sites (tertiary alicyclic amines) is 1. The summed E-state index contributed by atoms with van der Waals surface area (Å²) in [6.07, 6.45) is 5.63. The van der Waals surface area contributed by atoms with Gasteiger partial charge in [-0.3, -0.25) is 9.69 Å². The number of rotatable bonds is 6. The van der Waals surface area contributed by atoms with Crippen LogP contribution in [0.25, 0.3) is 0 Å². The molecular weight excluding hydrogens is 264 g/mol. The highest BCUT2D eigenvalue weighted by Gasteiger charge is 2.36. The van der Waals surface area contributed by atoms with Gasteiger partial charge in [0.15, 0.2) is 0 Å². The van der Waals surface area contributed by atoms with E-state index in [4.69, 9.17) is 5.11 Å². The Morgan fingerprint density at radius 3 is 2.57 bits per heavy atom. The molecular formula is C17H32N2O2. The molecule has 0 aromatic carbocycles. The van der Waals surface area contributed by atoms with E-state index in [0.717, 1.165) is 44.3 Å². The minimum atomic E-state index is 0.0555. The van der Waals surface area contributed by atoms with Crippen LogP contribution in [0.5, 0.6) is 0 Å². The summed E-state index contributed by atoms with van der Waals surface area (Å²) in [6, 6.07) is 1.00. The average molecular weight is 296 g/mol. The maximum Gasteiger partial charge on any atom is 0.222 e. The van der Waals surface area contributed by atoms with E-state index in [1.807, 2.05) is 13.8 Å². The number of amides is 1. The SMILES string of the molecule is CC1CC(N2CC(CCCO)CC(NC(=O)C(C)C)C2)C1. The smallest absolute Gasteiger partial charge is 0.222 e. The molecule has 2 unspecified atom stereocenters. The summed E-state index contributed by atoms with van der Waals surface area (Å²) >= 11 is 0. The van der Waals surface area contributed by atoms with Gasteiger partial charge in [0.25, 0.3) is 0 Å². The van der Waals surface area contributed by atoms with Gasteiger partial charge in [-0.1, -0.05) is 20.8 Å². The van der Waals surface area contributed by atoms with Crippen LogP contribution in [0.4, 0.5) is 0 Å². The van der Waals surface area contributed by atoms with Gasteiger partial charge in [0.2, 0.25) is 5.91 Å². The third kappa shape index (κ3) is 4.68. The van der Waals surface area contributed by atoms with E-state index in [1.54, 1.807) is 0 Å². The summed E-state index contributed by atoms with van der Waals surface area (Å²) in [5.74, 6) is 1.69. The Balaban J connectivity index is 1.91. The molecule has 1 aliphatic carbocycles. The zero-order valence-corrected chi connectivity index (χ0v) is 13.8. The minimum absolute atomic E-state index is 0.0555. The molecule has 1 heterocycles. The topological polar surface area (TPSA) is 52.6 Å². The minimum Gasteiger partial charge on any atom is -0.396 e. The Morgan fingerprint density at radius 1 is 1.29 bits per heavy atom. The fraction of sp³-hybridized carbons (Fsp3) is 0.941. The standard InChI is InChI=1S/C17H32N2O2/c1-12(2)17(21)18-15-9-14(5-4-6-20)10-19(11-15)16-7-13(3)8-16/h12-16,20H,4-11H2,1-3H3,(H,18,21). The van der Waals surface area contributed by atoms with Gasteiger partial charge in [-0.2, -0.15) is 0 Å². The molecule has 21 heavy (non-hydrogen) atoms. The van der Waals surface area contributed by atoms with Crippen LogP contribution in [0.15, 0.2) is 0 Å². The summed E-state index contributed by atoms with van der Waals surface area (Å²) in [5.41, 5.74) is 0. The van der Waals surface area contributed by atoms with Crippen LogP contribution >= 0.6 is 0 Å². The average Bonchev–Trinajstić information content (AvgIpc) is 2.41. The lowest BCUT2D eigenvalue weighted by Gasteiger charge is -2.47. The van der Waals surface area contributed by atoms with Crippen molar-refractivity contribution >= 4 is 5.91 Å². The third-order valence-corrected chi connectivity index (χ3v) is 5.07. The summed E-state index contributed by atoms with van der Waals surface area (Å²) in [4.78, 5) is 14.6. The number of carbonyl (C=O) groups is 1. The lowest BCUT2D eigenvalue weighted by atomic mass is 9.78. The monoisotopic (exact) mass is 296 g/mol. The van der Waals surface area contributed by atoms with Crippen molar-refractivity contribution in [3.8, 4) is 0 Å². The van der Waals surface area contributed by atoms with Crippen molar-refractivity contribution in [2.24, 2.45) is 17.8 Å². The van der Waals surface area contributed by atoms with Crippen LogP contribution in [-0.2, 0) is 4.79 Å². The van der Waals surface area contributed by atoms with E-state index in [9.17, 15) is 4.79 Å². The van der Waals surface area contributed by atoms with Crippen molar-refractivity contribution in [3.05, 3.63) is 0 Å². The van der Waals surface area contributed by atoms with Gasteiger partial charge >= 0.3 is 0 Å². The first kappa shape index (κ1) is 16.8. The van der Waals surface area contributed by atoms with E-state index in [-0.39, 0.29) is 24.5 Å². The fourth-order valence-electron chi connectivity index (χ4n) is 3.76. The molecule has 1 saturated heterocycles. The Bertz CT molecular complexity index is 340. The molecule has 4 nitrogen and oxygen atoms in total. The number of carbonyl (C=O) groups excluding carboxylic acids is 1. The molecule has 1 amide bonds. The normalized spacial score (nSPS) is 33.8. The quantitative estimate of drug-likeness (QED) is 0.788. The van der Waals surface area contributed by atoms with Crippen LogP contribution in [0.3, 0.4) is 0 Å². The zero-order chi connectivity index (χ0) is 15.4. The molecule has 0 aromatic rings. The van der Waals surface area contributed by atoms with Gasteiger partial charge < -0.3 is 10.4 Å². The predicted molar refractivity (Wildman–Crippen MR) is 85.0 cm³/mol. The summed E-state index contributed by atoms with van der Waals surface area (Å²) in [6.45, 7) is 8.65. The summed E-state index contributed by atoms with van der Waals surface area (Å²) < 4.78 is 0. The summed E-state index contributed by atoms with van der Waals surface area (Å²) in [5, 5.41) is 12.3. The molecule has 0 aromatic heterocycles. The van der Waals surface area contributed by atoms with Crippen LogP contribution in [-0.4, -0.2) is 47.7 Å². The Morgan fingerprint density at radius 2 is 2.00 bits per heavy atom. The van der Waals surface area contributed by atoms with Gasteiger partial charge in [0.05, 0.1) is 0 Å². The molecule has 1 saturated carbocycles. The van der Waals surface area contributed by atoms with E-state index < -0.39 is 0 Å². The first-order chi connectivity index (χ1) is 9.99. The largest absolute Gasteiger partial charge is 0.396 e. The molecule has 4 heteroatoms. The number of hydrogen-bond donors (Lipinski definition) is 2. The highest BCUT2D eigenvalue weighted by atomic mass is 16.2. The van der Waals surface area contributed by atoms with Crippen molar-refractivity contribution in [1.29, 1.82) is 0 Å². The number of nitrogens with one attached hydrogen (secondary N) is 1. The Kier molecular flexibility index (Phi) is 6.06. The lowest BCUT2D eigenvalue weighted by molar-refractivity contribution is -0.125. The van der Waals surface area contributed by atoms with E-state index in [1.165, 1.54) is 12.8 Å². The van der Waals surface area contributed by atoms with Gasteiger partial charge in [-0.15, -0.1) is 0 Å². The highest BCUT2D eigenvalue weighted by molar-refractivity contribution is 5.78. The van der Waals surface area contributed by atoms with Crippen LogP contribution in [0, 0.1) is 17.8 Å². The maximum absolute atomic E-state index is 12.0. The van der Waals surface area contributed by atoms with Gasteiger partial charge in [0, 0.05) is 37.7 Å². The molecule has 2 N–H and O–H groups in total. The lowest BCUT2D eigenvalue weighted by Crippen LogP contribution is -2.56. The first-order valence-corrected chi connectivity index (χ1v) is 8.64. The van der Waals surface area contributed by atoms with Crippen LogP contribution < -0.4 is 5.32 Å². The molecule has 2 aliphatic rings. The Hall–Kier alpha value is -0.610. The summed E-state index contributed by atoms with van der Waals surface area (Å²) in [7, 11) is 0. The van der Waals surface area contributed by atoms with Crippen LogP contribution in [0.1, 0.15) is 52.9 Å². The second-order valence-corrected chi connectivity index (χ2v) is 7.51. The van der Waals surface area contributed by atoms with Crippen molar-refractivity contribution in [2.75, 3.05) is 19.7 Å². The van der Waals surface area contributed by atoms with E-state index in [0.29, 0.717) is 5.92 Å². The molecule has 0 radical (unpaired) electrons. The second-order valence-electron chi connectivity index (χ2n) is 7.51. The molecule has 2 fully saturated rings. The zero-order valence-electron chi connectivity index (χ0n) is 13.8. The molecule has 0 bridgehead atoms. The predicted octanol–water partition coefficient (Wildman–Crippen LogP) is 2.02. The van der Waals surface area contributed by atoms with Crippen molar-refractivity contribution in [2.45, 2.75) is 65.0 Å². The third-order valence-electron chi connectivity index (χ3n) is 5.07. The number of aliphatic hydroxyl groups is 1. The molecule has 2 rings (SSSR count). The molecule has 2 atom stereocenters. The van der Waals surface area contributed by atoms with Crippen molar-refractivity contribution < 1.29 is 9.90 Å². The number of aliphatic hydroxyl groups excluding tert-OH is 1. The first-order valence-electron chi connectivity index (χ1n) is 8.64. The van der Waals surface area contributed by atoms with Crippen molar-refractivity contribution in [3.63, 3.8) is 0 Å². The molecule has 122 valence electrons. The number of nitrogens with zero attached hydrogens (tertiary/aromatic N) is 1. The molecule has 1 aliphatic heterocycles. The van der Waals surface area contributed by atoms with Crippen LogP contribution in [0.2, 0.25) is 0 Å². The van der Waals surface area contributed by atoms with E-state index >= 15 is 0 Å². The van der Waals surface area contributed by atoms with Gasteiger partial charge in [-0.05, 0) is 43.9 Å².